The number of carbonyl (C=O) groups is 1. The minimum Gasteiger partial charge on any atom is -0.493 e. The fourth-order valence-electron chi connectivity index (χ4n) is 6.27. The first-order valence-electron chi connectivity index (χ1n) is 13.7. The number of hydrogen-bond acceptors (Lipinski definition) is 6. The summed E-state index contributed by atoms with van der Waals surface area (Å²) in [4.78, 5) is 18.0. The molecule has 0 bridgehead atoms. The first-order chi connectivity index (χ1) is 18.4. The van der Waals surface area contributed by atoms with Crippen LogP contribution in [0.25, 0.3) is 6.08 Å². The Morgan fingerprint density at radius 1 is 1.03 bits per heavy atom. The van der Waals surface area contributed by atoms with E-state index in [-0.39, 0.29) is 17.9 Å². The lowest BCUT2D eigenvalue weighted by Gasteiger charge is -2.52. The fourth-order valence-corrected chi connectivity index (χ4v) is 6.27. The van der Waals surface area contributed by atoms with Crippen LogP contribution in [-0.2, 0) is 4.79 Å². The molecule has 3 atom stereocenters. The fraction of sp³-hybridized carbons (Fsp3) is 0.516. The van der Waals surface area contributed by atoms with E-state index in [4.69, 9.17) is 14.2 Å². The molecule has 1 amide bonds. The van der Waals surface area contributed by atoms with Crippen LogP contribution in [0.2, 0.25) is 0 Å². The number of fused-ring (bicyclic) bond motifs is 1. The van der Waals surface area contributed by atoms with Gasteiger partial charge in [0.25, 0.3) is 0 Å². The number of anilines is 1. The van der Waals surface area contributed by atoms with Crippen LogP contribution in [0, 0.1) is 5.92 Å². The van der Waals surface area contributed by atoms with Crippen molar-refractivity contribution in [2.24, 2.45) is 5.92 Å². The Hall–Kier alpha value is -3.19. The maximum atomic E-state index is 13.7. The third kappa shape index (κ3) is 5.48. The molecule has 1 saturated carbocycles. The third-order valence-corrected chi connectivity index (χ3v) is 8.32. The highest BCUT2D eigenvalue weighted by Gasteiger charge is 2.49. The van der Waals surface area contributed by atoms with Crippen LogP contribution >= 0.6 is 0 Å². The van der Waals surface area contributed by atoms with Gasteiger partial charge in [-0.05, 0) is 74.6 Å². The molecule has 0 unspecified atom stereocenters. The molecule has 1 heterocycles. The van der Waals surface area contributed by atoms with Crippen LogP contribution in [-0.4, -0.2) is 62.5 Å². The quantitative estimate of drug-likeness (QED) is 0.441. The first-order valence-corrected chi connectivity index (χ1v) is 13.7. The molecule has 1 aliphatic heterocycles. The molecule has 1 aliphatic carbocycles. The highest BCUT2D eigenvalue weighted by Crippen LogP contribution is 2.49. The number of amides is 1. The Balaban J connectivity index is 1.65. The highest BCUT2D eigenvalue weighted by molar-refractivity contribution is 5.92. The van der Waals surface area contributed by atoms with Gasteiger partial charge in [0.2, 0.25) is 11.7 Å². The minimum atomic E-state index is -0.725. The van der Waals surface area contributed by atoms with Crippen molar-refractivity contribution < 1.29 is 24.1 Å². The van der Waals surface area contributed by atoms with Crippen LogP contribution in [0.4, 0.5) is 5.69 Å². The van der Waals surface area contributed by atoms with E-state index in [1.165, 1.54) is 5.69 Å². The maximum Gasteiger partial charge on any atom is 0.247 e. The van der Waals surface area contributed by atoms with E-state index in [0.717, 1.165) is 49.9 Å². The summed E-state index contributed by atoms with van der Waals surface area (Å²) in [5, 5.41) is 11.6. The first kappa shape index (κ1) is 27.8. The van der Waals surface area contributed by atoms with Crippen molar-refractivity contribution in [3.8, 4) is 17.2 Å². The molecule has 0 spiro atoms. The lowest BCUT2D eigenvalue weighted by Crippen LogP contribution is -2.56. The smallest absolute Gasteiger partial charge is 0.247 e. The Morgan fingerprint density at radius 3 is 2.26 bits per heavy atom. The molecule has 0 radical (unpaired) electrons. The minimum absolute atomic E-state index is 0.0165. The number of methoxy groups -OCH3 is 3. The van der Waals surface area contributed by atoms with Gasteiger partial charge < -0.3 is 29.1 Å². The van der Waals surface area contributed by atoms with Gasteiger partial charge in [0.15, 0.2) is 11.5 Å². The Kier molecular flexibility index (Phi) is 8.87. The number of ether oxygens (including phenoxy) is 3. The van der Waals surface area contributed by atoms with Crippen molar-refractivity contribution >= 4 is 17.7 Å². The Labute approximate surface area is 227 Å². The van der Waals surface area contributed by atoms with E-state index in [1.54, 1.807) is 33.5 Å². The van der Waals surface area contributed by atoms with Crippen molar-refractivity contribution in [3.05, 3.63) is 53.6 Å². The molecular formula is C31H42N2O5. The molecule has 2 fully saturated rings. The van der Waals surface area contributed by atoms with Gasteiger partial charge in [0.05, 0.1) is 33.0 Å². The van der Waals surface area contributed by atoms with Crippen LogP contribution in [0.1, 0.15) is 63.1 Å². The van der Waals surface area contributed by atoms with Crippen molar-refractivity contribution in [1.29, 1.82) is 0 Å². The predicted molar refractivity (Wildman–Crippen MR) is 151 cm³/mol. The summed E-state index contributed by atoms with van der Waals surface area (Å²) in [7, 11) is 4.72. The number of nitrogens with zero attached hydrogens (tertiary/aromatic N) is 2. The highest BCUT2D eigenvalue weighted by atomic mass is 16.5. The van der Waals surface area contributed by atoms with E-state index in [1.807, 2.05) is 17.0 Å². The second-order valence-electron chi connectivity index (χ2n) is 10.2. The van der Waals surface area contributed by atoms with Crippen molar-refractivity contribution in [2.45, 2.75) is 57.6 Å². The van der Waals surface area contributed by atoms with Crippen LogP contribution < -0.4 is 19.1 Å². The van der Waals surface area contributed by atoms with Gasteiger partial charge in [-0.25, -0.2) is 0 Å². The number of benzene rings is 2. The Morgan fingerprint density at radius 2 is 1.68 bits per heavy atom. The molecule has 2 aliphatic rings. The predicted octanol–water partition coefficient (Wildman–Crippen LogP) is 5.47. The largest absolute Gasteiger partial charge is 0.493 e. The van der Waals surface area contributed by atoms with Crippen molar-refractivity contribution in [2.75, 3.05) is 45.9 Å². The van der Waals surface area contributed by atoms with Crippen molar-refractivity contribution in [1.82, 2.24) is 4.90 Å². The summed E-state index contributed by atoms with van der Waals surface area (Å²) in [6, 6.07) is 12.1. The van der Waals surface area contributed by atoms with Gasteiger partial charge in [-0.2, -0.15) is 0 Å². The molecule has 38 heavy (non-hydrogen) atoms. The number of rotatable bonds is 9. The lowest BCUT2D eigenvalue weighted by molar-refractivity contribution is -0.150. The molecule has 2 aromatic carbocycles. The van der Waals surface area contributed by atoms with Crippen LogP contribution in [0.5, 0.6) is 17.2 Å². The molecule has 1 N–H and O–H groups in total. The van der Waals surface area contributed by atoms with Crippen LogP contribution in [0.15, 0.2) is 42.5 Å². The van der Waals surface area contributed by atoms with E-state index in [9.17, 15) is 9.90 Å². The molecule has 4 rings (SSSR count). The summed E-state index contributed by atoms with van der Waals surface area (Å²) < 4.78 is 16.3. The standard InChI is InChI=1S/C31H42N2O5/c1-6-32(7-2)24-14-12-23(13-15-24)29-25-10-8-9-17-31(25,35)18-19-33(29)28(34)16-11-22-20-26(36-3)30(38-5)27(21-22)37-4/h11-16,20-21,25,29,35H,6-10,17-19H2,1-5H3/b16-11+/t25-,29-,31-/m1/s1. The molecule has 7 nitrogen and oxygen atoms in total. The van der Waals surface area contributed by atoms with Gasteiger partial charge in [-0.3, -0.25) is 4.79 Å². The molecule has 0 aromatic heterocycles. The third-order valence-electron chi connectivity index (χ3n) is 8.32. The molecule has 1 saturated heterocycles. The van der Waals surface area contributed by atoms with Gasteiger partial charge in [-0.15, -0.1) is 0 Å². The number of carbonyl (C=O) groups excluding carboxylic acids is 1. The summed E-state index contributed by atoms with van der Waals surface area (Å²) in [5.41, 5.74) is 2.31. The average molecular weight is 523 g/mol. The zero-order valence-electron chi connectivity index (χ0n) is 23.4. The topological polar surface area (TPSA) is 71.5 Å². The van der Waals surface area contributed by atoms with E-state index >= 15 is 0 Å². The zero-order chi connectivity index (χ0) is 27.3. The zero-order valence-corrected chi connectivity index (χ0v) is 23.4. The average Bonchev–Trinajstić information content (AvgIpc) is 2.95. The Bertz CT molecular complexity index is 1100. The van der Waals surface area contributed by atoms with Gasteiger partial charge >= 0.3 is 0 Å². The number of piperidine rings is 1. The summed E-state index contributed by atoms with van der Waals surface area (Å²) in [6.07, 6.45) is 7.84. The number of likely N-dealkylation sites (tertiary alicyclic amines) is 1. The SMILES string of the molecule is CCN(CC)c1ccc([C@@H]2[C@H]3CCCC[C@@]3(O)CCN2C(=O)/C=C/c2cc(OC)c(OC)c(OC)c2)cc1. The maximum absolute atomic E-state index is 13.7. The molecule has 206 valence electrons. The van der Waals surface area contributed by atoms with Gasteiger partial charge in [0, 0.05) is 37.3 Å². The lowest BCUT2D eigenvalue weighted by atomic mass is 9.66. The second kappa shape index (κ2) is 12.1. The van der Waals surface area contributed by atoms with Crippen molar-refractivity contribution in [3.63, 3.8) is 0 Å². The normalized spacial score (nSPS) is 23.2. The van der Waals surface area contributed by atoms with Gasteiger partial charge in [0.1, 0.15) is 0 Å². The summed E-state index contributed by atoms with van der Waals surface area (Å²) in [6.45, 7) is 6.71. The second-order valence-corrected chi connectivity index (χ2v) is 10.2. The molecule has 7 heteroatoms. The van der Waals surface area contributed by atoms with E-state index in [2.05, 4.69) is 43.0 Å². The number of hydrogen-bond donors (Lipinski definition) is 1. The van der Waals surface area contributed by atoms with Crippen LogP contribution in [0.3, 0.4) is 0 Å². The summed E-state index contributed by atoms with van der Waals surface area (Å²) >= 11 is 0. The molecular weight excluding hydrogens is 480 g/mol. The number of aliphatic hydroxyl groups is 1. The van der Waals surface area contributed by atoms with E-state index < -0.39 is 5.60 Å². The summed E-state index contributed by atoms with van der Waals surface area (Å²) in [5.74, 6) is 1.54. The monoisotopic (exact) mass is 522 g/mol. The van der Waals surface area contributed by atoms with E-state index in [0.29, 0.717) is 30.2 Å². The van der Waals surface area contributed by atoms with Gasteiger partial charge in [-0.1, -0.05) is 25.0 Å². The molecule has 2 aromatic rings.